The van der Waals surface area contributed by atoms with Gasteiger partial charge in [0.15, 0.2) is 0 Å². The fraction of sp³-hybridized carbons (Fsp3) is 0.538. The quantitative estimate of drug-likeness (QED) is 0.809. The fourth-order valence-corrected chi connectivity index (χ4v) is 4.12. The molecule has 2 fully saturated rings. The second-order valence-corrected chi connectivity index (χ2v) is 6.24. The smallest absolute Gasteiger partial charge is 0.129 e. The van der Waals surface area contributed by atoms with E-state index < -0.39 is 0 Å². The number of halogens is 1. The molecule has 1 aromatic heterocycles. The summed E-state index contributed by atoms with van der Waals surface area (Å²) in [5.74, 6) is 0. The number of hydrogen-bond acceptors (Lipinski definition) is 5. The molecule has 0 aliphatic carbocycles. The number of fused-ring (bicyclic) bond motifs is 2. The molecule has 1 atom stereocenters. The van der Waals surface area contributed by atoms with Crippen LogP contribution in [0, 0.1) is 0 Å². The summed E-state index contributed by atoms with van der Waals surface area (Å²) in [6.07, 6.45) is 2.63. The highest BCUT2D eigenvalue weighted by molar-refractivity contribution is 7.00. The first-order chi connectivity index (χ1) is 9.33. The van der Waals surface area contributed by atoms with Gasteiger partial charge in [-0.05, 0) is 31.5 Å². The van der Waals surface area contributed by atoms with E-state index in [4.69, 9.17) is 11.6 Å². The van der Waals surface area contributed by atoms with Crippen LogP contribution in [-0.2, 0) is 0 Å². The maximum Gasteiger partial charge on any atom is 0.129 e. The Bertz CT molecular complexity index is 614. The van der Waals surface area contributed by atoms with Crippen LogP contribution in [0.5, 0.6) is 0 Å². The van der Waals surface area contributed by atoms with Crippen LogP contribution in [0.15, 0.2) is 12.1 Å². The third kappa shape index (κ3) is 1.91. The molecular formula is C13H15ClN4S. The lowest BCUT2D eigenvalue weighted by atomic mass is 10.1. The minimum atomic E-state index is 0.687. The molecule has 3 heterocycles. The summed E-state index contributed by atoms with van der Waals surface area (Å²) in [6.45, 7) is 4.49. The minimum Gasteiger partial charge on any atom is -0.366 e. The van der Waals surface area contributed by atoms with E-state index in [1.54, 1.807) is 0 Å². The number of aromatic nitrogens is 2. The molecule has 100 valence electrons. The van der Waals surface area contributed by atoms with Crippen LogP contribution in [0.1, 0.15) is 12.8 Å². The first kappa shape index (κ1) is 11.9. The zero-order valence-electron chi connectivity index (χ0n) is 10.5. The van der Waals surface area contributed by atoms with Crippen molar-refractivity contribution in [2.75, 3.05) is 31.1 Å². The van der Waals surface area contributed by atoms with Gasteiger partial charge < -0.3 is 4.90 Å². The summed E-state index contributed by atoms with van der Waals surface area (Å²) in [5.41, 5.74) is 3.00. The Kier molecular flexibility index (Phi) is 2.86. The predicted octanol–water partition coefficient (Wildman–Crippen LogP) is 2.63. The van der Waals surface area contributed by atoms with Gasteiger partial charge in [0.1, 0.15) is 11.0 Å². The lowest BCUT2D eigenvalue weighted by Gasteiger charge is -2.39. The molecule has 2 aliphatic rings. The van der Waals surface area contributed by atoms with Gasteiger partial charge in [-0.25, -0.2) is 0 Å². The maximum absolute atomic E-state index is 6.42. The molecule has 0 N–H and O–H groups in total. The van der Waals surface area contributed by atoms with Gasteiger partial charge in [-0.3, -0.25) is 4.90 Å². The van der Waals surface area contributed by atoms with Gasteiger partial charge in [-0.1, -0.05) is 11.6 Å². The Labute approximate surface area is 121 Å². The largest absolute Gasteiger partial charge is 0.366 e. The molecule has 1 unspecified atom stereocenters. The van der Waals surface area contributed by atoms with Crippen molar-refractivity contribution in [3.05, 3.63) is 17.2 Å². The molecule has 0 spiro atoms. The fourth-order valence-electron chi connectivity index (χ4n) is 3.31. The summed E-state index contributed by atoms with van der Waals surface area (Å²) in [6, 6.07) is 4.59. The van der Waals surface area contributed by atoms with E-state index >= 15 is 0 Å². The number of benzene rings is 1. The highest BCUT2D eigenvalue weighted by atomic mass is 35.5. The number of hydrogen-bond donors (Lipinski definition) is 0. The molecule has 0 amide bonds. The van der Waals surface area contributed by atoms with Gasteiger partial charge in [0.2, 0.25) is 0 Å². The molecule has 0 bridgehead atoms. The van der Waals surface area contributed by atoms with Crippen LogP contribution in [0.2, 0.25) is 5.02 Å². The Morgan fingerprint density at radius 1 is 1.21 bits per heavy atom. The topological polar surface area (TPSA) is 32.3 Å². The Hall–Kier alpha value is -0.910. The van der Waals surface area contributed by atoms with Crippen molar-refractivity contribution in [3.63, 3.8) is 0 Å². The third-order valence-electron chi connectivity index (χ3n) is 4.26. The van der Waals surface area contributed by atoms with Gasteiger partial charge in [-0.15, -0.1) is 0 Å². The van der Waals surface area contributed by atoms with Crippen molar-refractivity contribution in [1.29, 1.82) is 0 Å². The highest BCUT2D eigenvalue weighted by Crippen LogP contribution is 2.35. The lowest BCUT2D eigenvalue weighted by molar-refractivity contribution is 0.231. The van der Waals surface area contributed by atoms with E-state index in [0.29, 0.717) is 6.04 Å². The van der Waals surface area contributed by atoms with Crippen molar-refractivity contribution in [2.45, 2.75) is 18.9 Å². The number of piperazine rings is 1. The molecule has 19 heavy (non-hydrogen) atoms. The molecule has 0 radical (unpaired) electrons. The Balaban J connectivity index is 1.73. The van der Waals surface area contributed by atoms with Gasteiger partial charge in [0, 0.05) is 25.7 Å². The van der Waals surface area contributed by atoms with E-state index in [9.17, 15) is 0 Å². The van der Waals surface area contributed by atoms with Crippen LogP contribution in [0.25, 0.3) is 11.0 Å². The van der Waals surface area contributed by atoms with Crippen LogP contribution in [0.3, 0.4) is 0 Å². The van der Waals surface area contributed by atoms with Crippen molar-refractivity contribution in [3.8, 4) is 0 Å². The average Bonchev–Trinajstić information content (AvgIpc) is 3.05. The van der Waals surface area contributed by atoms with Gasteiger partial charge in [0.05, 0.1) is 22.4 Å². The van der Waals surface area contributed by atoms with Crippen molar-refractivity contribution in [1.82, 2.24) is 13.6 Å². The summed E-state index contributed by atoms with van der Waals surface area (Å²) in [7, 11) is 0. The summed E-state index contributed by atoms with van der Waals surface area (Å²) in [5, 5.41) is 0.798. The summed E-state index contributed by atoms with van der Waals surface area (Å²) in [4.78, 5) is 5.00. The van der Waals surface area contributed by atoms with E-state index in [1.165, 1.54) is 31.1 Å². The average molecular weight is 295 g/mol. The zero-order valence-corrected chi connectivity index (χ0v) is 12.1. The van der Waals surface area contributed by atoms with E-state index in [-0.39, 0.29) is 0 Å². The summed E-state index contributed by atoms with van der Waals surface area (Å²) < 4.78 is 8.75. The summed E-state index contributed by atoms with van der Waals surface area (Å²) >= 11 is 7.68. The molecule has 1 aromatic carbocycles. The third-order valence-corrected chi connectivity index (χ3v) is 5.10. The predicted molar refractivity (Wildman–Crippen MR) is 79.2 cm³/mol. The first-order valence-electron chi connectivity index (χ1n) is 6.73. The van der Waals surface area contributed by atoms with E-state index in [1.807, 2.05) is 12.1 Å². The molecule has 0 saturated carbocycles. The highest BCUT2D eigenvalue weighted by Gasteiger charge is 2.32. The minimum absolute atomic E-state index is 0.687. The lowest BCUT2D eigenvalue weighted by Crippen LogP contribution is -2.50. The molecule has 2 aliphatic heterocycles. The number of nitrogens with zero attached hydrogens (tertiary/aromatic N) is 4. The van der Waals surface area contributed by atoms with Crippen LogP contribution >= 0.6 is 23.3 Å². The van der Waals surface area contributed by atoms with Crippen LogP contribution in [0.4, 0.5) is 5.69 Å². The second-order valence-electron chi connectivity index (χ2n) is 5.31. The van der Waals surface area contributed by atoms with Crippen molar-refractivity contribution in [2.24, 2.45) is 0 Å². The Morgan fingerprint density at radius 2 is 2.16 bits per heavy atom. The van der Waals surface area contributed by atoms with Crippen LogP contribution < -0.4 is 4.90 Å². The zero-order chi connectivity index (χ0) is 12.8. The molecule has 2 aromatic rings. The van der Waals surface area contributed by atoms with Crippen molar-refractivity contribution >= 4 is 40.0 Å². The molecule has 6 heteroatoms. The van der Waals surface area contributed by atoms with Crippen LogP contribution in [-0.4, -0.2) is 45.9 Å². The van der Waals surface area contributed by atoms with E-state index in [0.717, 1.165) is 41.4 Å². The number of rotatable bonds is 1. The standard InChI is InChI=1S/C13H15ClN4S/c14-10-3-4-11-12(16-19-15-11)13(10)18-7-6-17-5-1-2-9(17)8-18/h3-4,9H,1-2,5-8H2. The number of anilines is 1. The van der Waals surface area contributed by atoms with Gasteiger partial charge in [-0.2, -0.15) is 8.75 Å². The molecule has 4 nitrogen and oxygen atoms in total. The van der Waals surface area contributed by atoms with E-state index in [2.05, 4.69) is 18.5 Å². The normalized spacial score (nSPS) is 24.1. The molecular weight excluding hydrogens is 280 g/mol. The second kappa shape index (κ2) is 4.58. The molecule has 2 saturated heterocycles. The van der Waals surface area contributed by atoms with Gasteiger partial charge >= 0.3 is 0 Å². The maximum atomic E-state index is 6.42. The van der Waals surface area contributed by atoms with Crippen molar-refractivity contribution < 1.29 is 0 Å². The Morgan fingerprint density at radius 3 is 3.11 bits per heavy atom. The van der Waals surface area contributed by atoms with Gasteiger partial charge in [0.25, 0.3) is 0 Å². The molecule has 4 rings (SSSR count). The first-order valence-corrected chi connectivity index (χ1v) is 7.83. The monoisotopic (exact) mass is 294 g/mol. The SMILES string of the molecule is Clc1ccc2nsnc2c1N1CCN2CCCC2C1.